The van der Waals surface area contributed by atoms with Gasteiger partial charge in [0.05, 0.1) is 13.2 Å². The van der Waals surface area contributed by atoms with Gasteiger partial charge in [0.1, 0.15) is 11.5 Å². The summed E-state index contributed by atoms with van der Waals surface area (Å²) in [6.07, 6.45) is 43.6. The fourth-order valence-corrected chi connectivity index (χ4v) is 12.2. The number of fused-ring (bicyclic) bond motifs is 6. The van der Waals surface area contributed by atoms with Crippen molar-refractivity contribution in [3.8, 4) is 11.5 Å². The Bertz CT molecular complexity index is 1360. The van der Waals surface area contributed by atoms with Crippen molar-refractivity contribution in [2.45, 2.75) is 231 Å². The first-order valence-electron chi connectivity index (χ1n) is 25.6. The first-order valence-corrected chi connectivity index (χ1v) is 25.6. The van der Waals surface area contributed by atoms with E-state index in [-0.39, 0.29) is 47.1 Å². The molecule has 324 valence electrons. The molecule has 5 aliphatic rings. The van der Waals surface area contributed by atoms with E-state index in [0.29, 0.717) is 0 Å². The summed E-state index contributed by atoms with van der Waals surface area (Å²) < 4.78 is 13.9. The van der Waals surface area contributed by atoms with Gasteiger partial charge >= 0.3 is 0 Å². The summed E-state index contributed by atoms with van der Waals surface area (Å²) in [5.74, 6) is 2.99. The van der Waals surface area contributed by atoms with Gasteiger partial charge in [0, 0.05) is 34.8 Å². The van der Waals surface area contributed by atoms with Gasteiger partial charge in [0.2, 0.25) is 0 Å². The van der Waals surface area contributed by atoms with Gasteiger partial charge in [-0.25, -0.2) is 0 Å². The SMILES string of the molecule is CCCCCCCCCCCCOc1ccc(OCCCCCCCCCCCC)c2c1[C@@H]1CCCCCCC3C1=C1C(CCCCCC[C@@H]12)C1C(=O)C=CC(=O)C31. The molecular weight excluding hydrogens is 713 g/mol. The third kappa shape index (κ3) is 11.9. The molecule has 4 heteroatoms. The number of ether oxygens (including phenoxy) is 2. The molecule has 4 unspecified atom stereocenters. The van der Waals surface area contributed by atoms with E-state index in [9.17, 15) is 9.59 Å². The maximum atomic E-state index is 14.1. The van der Waals surface area contributed by atoms with Crippen LogP contribution >= 0.6 is 0 Å². The van der Waals surface area contributed by atoms with E-state index >= 15 is 0 Å². The lowest BCUT2D eigenvalue weighted by Gasteiger charge is -2.52. The number of carbonyl (C=O) groups excluding carboxylic acids is 2. The number of rotatable bonds is 24. The lowest BCUT2D eigenvalue weighted by Crippen LogP contribution is -2.48. The molecule has 1 aromatic rings. The van der Waals surface area contributed by atoms with E-state index in [0.717, 1.165) is 76.1 Å². The highest BCUT2D eigenvalue weighted by atomic mass is 16.5. The Morgan fingerprint density at radius 1 is 0.431 bits per heavy atom. The second-order valence-corrected chi connectivity index (χ2v) is 19.4. The highest BCUT2D eigenvalue weighted by Gasteiger charge is 2.55. The van der Waals surface area contributed by atoms with Crippen molar-refractivity contribution in [3.63, 3.8) is 0 Å². The van der Waals surface area contributed by atoms with E-state index < -0.39 is 0 Å². The molecular formula is C54H84O4. The molecule has 0 aliphatic heterocycles. The molecule has 1 aromatic carbocycles. The average molecular weight is 797 g/mol. The summed E-state index contributed by atoms with van der Waals surface area (Å²) in [5, 5.41) is 0. The third-order valence-corrected chi connectivity index (χ3v) is 15.1. The summed E-state index contributed by atoms with van der Waals surface area (Å²) in [4.78, 5) is 28.2. The van der Waals surface area contributed by atoms with Crippen molar-refractivity contribution in [3.05, 3.63) is 46.6 Å². The number of allylic oxidation sites excluding steroid dienone is 4. The first-order chi connectivity index (χ1) is 28.7. The number of benzene rings is 1. The van der Waals surface area contributed by atoms with Gasteiger partial charge in [-0.3, -0.25) is 9.59 Å². The van der Waals surface area contributed by atoms with Crippen LogP contribution in [0.25, 0.3) is 0 Å². The molecule has 2 fully saturated rings. The lowest BCUT2D eigenvalue weighted by molar-refractivity contribution is -0.133. The van der Waals surface area contributed by atoms with Crippen molar-refractivity contribution in [2.24, 2.45) is 23.7 Å². The van der Waals surface area contributed by atoms with Crippen molar-refractivity contribution < 1.29 is 19.1 Å². The molecule has 4 nitrogen and oxygen atoms in total. The molecule has 0 aromatic heterocycles. The Hall–Kier alpha value is -2.36. The zero-order chi connectivity index (χ0) is 40.4. The zero-order valence-corrected chi connectivity index (χ0v) is 37.4. The molecule has 5 aliphatic carbocycles. The topological polar surface area (TPSA) is 52.6 Å². The number of carbonyl (C=O) groups is 2. The maximum Gasteiger partial charge on any atom is 0.160 e. The smallest absolute Gasteiger partial charge is 0.160 e. The highest BCUT2D eigenvalue weighted by Crippen LogP contribution is 2.63. The van der Waals surface area contributed by atoms with Crippen LogP contribution in [0.15, 0.2) is 35.4 Å². The summed E-state index contributed by atoms with van der Waals surface area (Å²) in [6, 6.07) is 4.54. The predicted molar refractivity (Wildman–Crippen MR) is 242 cm³/mol. The second kappa shape index (κ2) is 24.8. The molecule has 6 rings (SSSR count). The fourth-order valence-electron chi connectivity index (χ4n) is 12.2. The second-order valence-electron chi connectivity index (χ2n) is 19.4. The number of ketones is 2. The minimum Gasteiger partial charge on any atom is -0.493 e. The minimum absolute atomic E-state index is 0.156. The maximum absolute atomic E-state index is 14.1. The minimum atomic E-state index is -0.198. The molecule has 0 radical (unpaired) electrons. The molecule has 58 heavy (non-hydrogen) atoms. The highest BCUT2D eigenvalue weighted by molar-refractivity contribution is 6.08. The number of hydrogen-bond donors (Lipinski definition) is 0. The fraction of sp³-hybridized carbons (Fsp3) is 0.778. The Morgan fingerprint density at radius 2 is 0.759 bits per heavy atom. The Labute approximate surface area is 355 Å². The molecule has 0 heterocycles. The van der Waals surface area contributed by atoms with Gasteiger partial charge in [0.15, 0.2) is 11.6 Å². The van der Waals surface area contributed by atoms with Gasteiger partial charge in [-0.15, -0.1) is 0 Å². The molecule has 0 N–H and O–H groups in total. The predicted octanol–water partition coefficient (Wildman–Crippen LogP) is 15.7. The van der Waals surface area contributed by atoms with Crippen molar-refractivity contribution >= 4 is 11.6 Å². The van der Waals surface area contributed by atoms with Crippen molar-refractivity contribution in [2.75, 3.05) is 13.2 Å². The third-order valence-electron chi connectivity index (χ3n) is 15.1. The molecule has 0 amide bonds. The van der Waals surface area contributed by atoms with Crippen LogP contribution in [-0.2, 0) is 9.59 Å². The average Bonchev–Trinajstić information content (AvgIpc) is 3.41. The molecule has 0 saturated heterocycles. The summed E-state index contributed by atoms with van der Waals surface area (Å²) >= 11 is 0. The monoisotopic (exact) mass is 797 g/mol. The van der Waals surface area contributed by atoms with Crippen LogP contribution in [0.3, 0.4) is 0 Å². The summed E-state index contributed by atoms with van der Waals surface area (Å²) in [7, 11) is 0. The van der Waals surface area contributed by atoms with Gasteiger partial charge in [-0.2, -0.15) is 0 Å². The van der Waals surface area contributed by atoms with E-state index in [1.165, 1.54) is 165 Å². The number of hydrogen-bond acceptors (Lipinski definition) is 4. The van der Waals surface area contributed by atoms with E-state index in [1.54, 1.807) is 23.3 Å². The molecule has 6 atom stereocenters. The van der Waals surface area contributed by atoms with Crippen molar-refractivity contribution in [1.29, 1.82) is 0 Å². The van der Waals surface area contributed by atoms with Crippen LogP contribution in [0, 0.1) is 23.7 Å². The van der Waals surface area contributed by atoms with Crippen LogP contribution in [0.1, 0.15) is 242 Å². The summed E-state index contributed by atoms with van der Waals surface area (Å²) in [6.45, 7) is 6.12. The molecule has 0 spiro atoms. The van der Waals surface area contributed by atoms with Crippen LogP contribution in [0.5, 0.6) is 11.5 Å². The Balaban J connectivity index is 1.26. The van der Waals surface area contributed by atoms with Gasteiger partial charge in [-0.1, -0.05) is 192 Å². The zero-order valence-electron chi connectivity index (χ0n) is 37.4. The standard InChI is InChI=1S/C54H84O4/c1-3-5-7-9-11-13-15-17-23-29-39-57-47-37-38-48(58-40-30-24-18-16-14-12-10-8-6-4-2)54-44-34-28-22-20-26-32-42-50(44)49-41(51-45(55)35-36-46(56)52(42)51)31-25-19-21-27-33-43(49)53(47)54/h35-38,41-44,51-52H,3-34,39-40H2,1-2H3/t41?,42?,43-,44+,51?,52?. The Kier molecular flexibility index (Phi) is 19.3. The van der Waals surface area contributed by atoms with Gasteiger partial charge < -0.3 is 9.47 Å². The lowest BCUT2D eigenvalue weighted by atomic mass is 9.51. The van der Waals surface area contributed by atoms with Crippen LogP contribution < -0.4 is 9.47 Å². The normalized spacial score (nSPS) is 25.7. The van der Waals surface area contributed by atoms with Crippen LogP contribution in [-0.4, -0.2) is 24.8 Å². The van der Waals surface area contributed by atoms with Gasteiger partial charge in [0.25, 0.3) is 0 Å². The number of unbranched alkanes of at least 4 members (excludes halogenated alkanes) is 18. The molecule has 0 bridgehead atoms. The van der Waals surface area contributed by atoms with Gasteiger partial charge in [-0.05, 0) is 74.6 Å². The quantitative estimate of drug-likeness (QED) is 0.0772. The largest absolute Gasteiger partial charge is 0.493 e. The summed E-state index contributed by atoms with van der Waals surface area (Å²) in [5.41, 5.74) is 5.98. The molecule has 2 saturated carbocycles. The van der Waals surface area contributed by atoms with Crippen LogP contribution in [0.2, 0.25) is 0 Å². The Morgan fingerprint density at radius 3 is 1.12 bits per heavy atom. The van der Waals surface area contributed by atoms with E-state index in [4.69, 9.17) is 9.47 Å². The first kappa shape index (κ1) is 45.2. The van der Waals surface area contributed by atoms with Crippen molar-refractivity contribution in [1.82, 2.24) is 0 Å². The van der Waals surface area contributed by atoms with E-state index in [1.807, 2.05) is 0 Å². The van der Waals surface area contributed by atoms with Crippen LogP contribution in [0.4, 0.5) is 0 Å². The van der Waals surface area contributed by atoms with E-state index in [2.05, 4.69) is 26.0 Å².